The van der Waals surface area contributed by atoms with E-state index in [0.717, 1.165) is 24.0 Å². The molecule has 1 aliphatic heterocycles. The third kappa shape index (κ3) is 6.90. The van der Waals surface area contributed by atoms with Gasteiger partial charge in [0.1, 0.15) is 0 Å². The first-order valence-corrected chi connectivity index (χ1v) is 11.7. The van der Waals surface area contributed by atoms with Gasteiger partial charge in [0, 0.05) is 39.1 Å². The first-order chi connectivity index (χ1) is 14.5. The van der Waals surface area contributed by atoms with Gasteiger partial charge in [-0.2, -0.15) is 4.31 Å². The number of rotatable bonds is 8. The number of aliphatic hydroxyl groups is 1. The molecule has 7 nitrogen and oxygen atoms in total. The Morgan fingerprint density at radius 1 is 1.06 bits per heavy atom. The molecule has 0 aromatic heterocycles. The van der Waals surface area contributed by atoms with Gasteiger partial charge in [0.15, 0.2) is 5.96 Å². The van der Waals surface area contributed by atoms with E-state index in [-0.39, 0.29) is 36.5 Å². The number of hydrogen-bond donors (Lipinski definition) is 3. The molecule has 31 heavy (non-hydrogen) atoms. The van der Waals surface area contributed by atoms with Crippen LogP contribution < -0.4 is 10.6 Å². The van der Waals surface area contributed by atoms with Crippen molar-refractivity contribution in [2.75, 3.05) is 33.3 Å². The molecule has 1 saturated heterocycles. The van der Waals surface area contributed by atoms with Crippen LogP contribution in [-0.2, 0) is 16.6 Å². The average molecular weight is 558 g/mol. The monoisotopic (exact) mass is 558 g/mol. The summed E-state index contributed by atoms with van der Waals surface area (Å²) < 4.78 is 26.8. The number of nitrogens with one attached hydrogen (secondary N) is 2. The molecule has 3 rings (SSSR count). The van der Waals surface area contributed by atoms with E-state index in [9.17, 15) is 13.5 Å². The van der Waals surface area contributed by atoms with Crippen molar-refractivity contribution in [3.05, 3.63) is 65.7 Å². The molecular weight excluding hydrogens is 527 g/mol. The van der Waals surface area contributed by atoms with Gasteiger partial charge in [0.25, 0.3) is 0 Å². The highest BCUT2D eigenvalue weighted by atomic mass is 127. The van der Waals surface area contributed by atoms with Crippen LogP contribution in [0.5, 0.6) is 0 Å². The lowest BCUT2D eigenvalue weighted by Gasteiger charge is -2.18. The van der Waals surface area contributed by atoms with E-state index in [2.05, 4.69) is 15.6 Å². The smallest absolute Gasteiger partial charge is 0.243 e. The third-order valence-electron chi connectivity index (χ3n) is 5.32. The Bertz CT molecular complexity index is 931. The van der Waals surface area contributed by atoms with Crippen LogP contribution in [0.3, 0.4) is 0 Å². The molecular formula is C22H31IN4O3S. The zero-order valence-corrected chi connectivity index (χ0v) is 20.8. The van der Waals surface area contributed by atoms with Gasteiger partial charge in [-0.15, -0.1) is 24.0 Å². The van der Waals surface area contributed by atoms with Crippen LogP contribution in [0.25, 0.3) is 0 Å². The van der Waals surface area contributed by atoms with Gasteiger partial charge in [-0.25, -0.2) is 8.42 Å². The molecule has 1 atom stereocenters. The fourth-order valence-corrected chi connectivity index (χ4v) is 5.01. The second kappa shape index (κ2) is 12.4. The molecule has 1 heterocycles. The molecule has 3 N–H and O–H groups in total. The first-order valence-electron chi connectivity index (χ1n) is 10.2. The number of aliphatic imine (C=N–C) groups is 1. The Hall–Kier alpha value is -1.69. The molecule has 170 valence electrons. The van der Waals surface area contributed by atoms with E-state index in [0.29, 0.717) is 37.0 Å². The standard InChI is InChI=1S/C22H30N4O3S.HI/c1-23-22(25-16-20(17-27)19-7-3-2-4-8-19)24-15-18-9-11-21(12-10-18)30(28,29)26-13-5-6-14-26;/h2-4,7-12,20,27H,5-6,13-17H2,1H3,(H2,23,24,25);1H. The normalized spacial score (nSPS) is 15.9. The Morgan fingerprint density at radius 3 is 2.29 bits per heavy atom. The molecule has 0 radical (unpaired) electrons. The van der Waals surface area contributed by atoms with Gasteiger partial charge >= 0.3 is 0 Å². The van der Waals surface area contributed by atoms with Crippen molar-refractivity contribution in [3.63, 3.8) is 0 Å². The molecule has 0 saturated carbocycles. The van der Waals surface area contributed by atoms with Crippen LogP contribution in [0.2, 0.25) is 0 Å². The van der Waals surface area contributed by atoms with Crippen molar-refractivity contribution in [2.45, 2.75) is 30.2 Å². The van der Waals surface area contributed by atoms with E-state index in [1.807, 2.05) is 42.5 Å². The largest absolute Gasteiger partial charge is 0.396 e. The number of guanidine groups is 1. The van der Waals surface area contributed by atoms with Crippen molar-refractivity contribution in [2.24, 2.45) is 4.99 Å². The minimum Gasteiger partial charge on any atom is -0.396 e. The topological polar surface area (TPSA) is 94.0 Å². The lowest BCUT2D eigenvalue weighted by Crippen LogP contribution is -2.39. The average Bonchev–Trinajstić information content (AvgIpc) is 3.33. The number of nitrogens with zero attached hydrogens (tertiary/aromatic N) is 2. The van der Waals surface area contributed by atoms with E-state index in [1.165, 1.54) is 0 Å². The van der Waals surface area contributed by atoms with Crippen molar-refractivity contribution >= 4 is 40.0 Å². The zero-order valence-electron chi connectivity index (χ0n) is 17.7. The summed E-state index contributed by atoms with van der Waals surface area (Å²) in [6.45, 7) is 2.31. The van der Waals surface area contributed by atoms with Crippen molar-refractivity contribution in [1.82, 2.24) is 14.9 Å². The predicted octanol–water partition coefficient (Wildman–Crippen LogP) is 2.53. The van der Waals surface area contributed by atoms with Crippen LogP contribution >= 0.6 is 24.0 Å². The number of hydrogen-bond acceptors (Lipinski definition) is 4. The SMILES string of the molecule is CN=C(NCc1ccc(S(=O)(=O)N2CCCC2)cc1)NCC(CO)c1ccccc1.I. The summed E-state index contributed by atoms with van der Waals surface area (Å²) in [6, 6.07) is 16.8. The second-order valence-corrected chi connectivity index (χ2v) is 9.29. The molecule has 2 aromatic rings. The van der Waals surface area contributed by atoms with E-state index in [4.69, 9.17) is 0 Å². The van der Waals surface area contributed by atoms with E-state index >= 15 is 0 Å². The molecule has 1 fully saturated rings. The lowest BCUT2D eigenvalue weighted by molar-refractivity contribution is 0.265. The maximum atomic E-state index is 12.6. The summed E-state index contributed by atoms with van der Waals surface area (Å²) in [6.07, 6.45) is 1.85. The summed E-state index contributed by atoms with van der Waals surface area (Å²) in [7, 11) is -1.69. The third-order valence-corrected chi connectivity index (χ3v) is 7.23. The Morgan fingerprint density at radius 2 is 1.71 bits per heavy atom. The van der Waals surface area contributed by atoms with Crippen LogP contribution in [0, 0.1) is 0 Å². The van der Waals surface area contributed by atoms with Gasteiger partial charge in [0.2, 0.25) is 10.0 Å². The van der Waals surface area contributed by atoms with Crippen molar-refractivity contribution < 1.29 is 13.5 Å². The maximum Gasteiger partial charge on any atom is 0.243 e. The maximum absolute atomic E-state index is 12.6. The fourth-order valence-electron chi connectivity index (χ4n) is 3.50. The molecule has 2 aromatic carbocycles. The Labute approximate surface area is 202 Å². The Balaban J connectivity index is 0.00000341. The zero-order chi connectivity index (χ0) is 21.4. The quantitative estimate of drug-likeness (QED) is 0.263. The van der Waals surface area contributed by atoms with Crippen LogP contribution in [0.1, 0.15) is 29.9 Å². The number of benzene rings is 2. The second-order valence-electron chi connectivity index (χ2n) is 7.35. The highest BCUT2D eigenvalue weighted by Crippen LogP contribution is 2.21. The molecule has 0 spiro atoms. The minimum absolute atomic E-state index is 0. The highest BCUT2D eigenvalue weighted by molar-refractivity contribution is 14.0. The Kier molecular flexibility index (Phi) is 10.2. The molecule has 0 amide bonds. The molecule has 1 unspecified atom stereocenters. The van der Waals surface area contributed by atoms with Gasteiger partial charge in [-0.1, -0.05) is 42.5 Å². The van der Waals surface area contributed by atoms with Crippen LogP contribution in [-0.4, -0.2) is 57.1 Å². The fraction of sp³-hybridized carbons (Fsp3) is 0.409. The number of halogens is 1. The van der Waals surface area contributed by atoms with Crippen LogP contribution in [0.4, 0.5) is 0 Å². The number of sulfonamides is 1. The van der Waals surface area contributed by atoms with Crippen molar-refractivity contribution in [3.8, 4) is 0 Å². The van der Waals surface area contributed by atoms with Gasteiger partial charge in [-0.05, 0) is 36.1 Å². The summed E-state index contributed by atoms with van der Waals surface area (Å²) in [5.41, 5.74) is 2.03. The van der Waals surface area contributed by atoms with Gasteiger partial charge < -0.3 is 15.7 Å². The molecule has 0 bridgehead atoms. The predicted molar refractivity (Wildman–Crippen MR) is 134 cm³/mol. The molecule has 0 aliphatic carbocycles. The van der Waals surface area contributed by atoms with Crippen molar-refractivity contribution in [1.29, 1.82) is 0 Å². The van der Waals surface area contributed by atoms with Gasteiger partial charge in [-0.3, -0.25) is 4.99 Å². The summed E-state index contributed by atoms with van der Waals surface area (Å²) in [5, 5.41) is 16.2. The van der Waals surface area contributed by atoms with Gasteiger partial charge in [0.05, 0.1) is 11.5 Å². The molecule has 9 heteroatoms. The van der Waals surface area contributed by atoms with E-state index < -0.39 is 10.0 Å². The summed E-state index contributed by atoms with van der Waals surface area (Å²) >= 11 is 0. The highest BCUT2D eigenvalue weighted by Gasteiger charge is 2.26. The first kappa shape index (κ1) is 25.6. The number of aliphatic hydroxyl groups excluding tert-OH is 1. The molecule has 1 aliphatic rings. The van der Waals surface area contributed by atoms with Crippen LogP contribution in [0.15, 0.2) is 64.5 Å². The lowest BCUT2D eigenvalue weighted by atomic mass is 10.0. The van der Waals surface area contributed by atoms with E-state index in [1.54, 1.807) is 23.5 Å². The summed E-state index contributed by atoms with van der Waals surface area (Å²) in [5.74, 6) is 0.595. The minimum atomic E-state index is -3.39. The summed E-state index contributed by atoms with van der Waals surface area (Å²) in [4.78, 5) is 4.56.